The van der Waals surface area contributed by atoms with Crippen molar-refractivity contribution < 1.29 is 9.59 Å². The van der Waals surface area contributed by atoms with E-state index in [1.807, 2.05) is 31.2 Å². The molecule has 0 radical (unpaired) electrons. The highest BCUT2D eigenvalue weighted by molar-refractivity contribution is 6.30. The molecular formula is C19H23ClN4O2. The summed E-state index contributed by atoms with van der Waals surface area (Å²) in [6, 6.07) is 10.5. The maximum Gasteiger partial charge on any atom is 0.242 e. The monoisotopic (exact) mass is 374 g/mol. The second kappa shape index (κ2) is 9.31. The summed E-state index contributed by atoms with van der Waals surface area (Å²) >= 11 is 5.78. The first kappa shape index (κ1) is 19.9. The Morgan fingerprint density at radius 1 is 1.19 bits per heavy atom. The van der Waals surface area contributed by atoms with Gasteiger partial charge in [-0.25, -0.2) is 4.98 Å². The summed E-state index contributed by atoms with van der Waals surface area (Å²) in [6.07, 6.45) is 2.30. The van der Waals surface area contributed by atoms with Gasteiger partial charge in [-0.05, 0) is 44.2 Å². The molecule has 0 spiro atoms. The maximum absolute atomic E-state index is 12.3. The van der Waals surface area contributed by atoms with E-state index in [4.69, 9.17) is 11.6 Å². The summed E-state index contributed by atoms with van der Waals surface area (Å²) in [5, 5.41) is 6.11. The molecule has 138 valence electrons. The Kier molecular flexibility index (Phi) is 7.12. The summed E-state index contributed by atoms with van der Waals surface area (Å²) in [6.45, 7) is 3.87. The lowest BCUT2D eigenvalue weighted by Gasteiger charge is -2.23. The lowest BCUT2D eigenvalue weighted by molar-refractivity contribution is -0.122. The van der Waals surface area contributed by atoms with Crippen LogP contribution in [0, 0.1) is 0 Å². The number of aryl methyl sites for hydroxylation is 1. The van der Waals surface area contributed by atoms with Crippen LogP contribution in [0.3, 0.4) is 0 Å². The molecule has 1 aromatic heterocycles. The van der Waals surface area contributed by atoms with Gasteiger partial charge in [0.25, 0.3) is 0 Å². The number of likely N-dealkylation sites (N-methyl/N-ethyl adjacent to an activating group) is 1. The molecule has 0 aliphatic rings. The molecule has 1 aromatic carbocycles. The van der Waals surface area contributed by atoms with Crippen molar-refractivity contribution in [2.45, 2.75) is 26.3 Å². The number of hydrogen-bond donors (Lipinski definition) is 2. The van der Waals surface area contributed by atoms with Crippen molar-refractivity contribution in [2.24, 2.45) is 0 Å². The highest BCUT2D eigenvalue weighted by atomic mass is 35.5. The Labute approximate surface area is 158 Å². The molecule has 0 aliphatic carbocycles. The number of pyridine rings is 1. The first-order valence-corrected chi connectivity index (χ1v) is 8.79. The van der Waals surface area contributed by atoms with E-state index < -0.39 is 6.04 Å². The number of aromatic nitrogens is 1. The highest BCUT2D eigenvalue weighted by Gasteiger charge is 2.20. The van der Waals surface area contributed by atoms with E-state index in [9.17, 15) is 9.59 Å². The van der Waals surface area contributed by atoms with E-state index >= 15 is 0 Å². The molecule has 26 heavy (non-hydrogen) atoms. The Balaban J connectivity index is 1.90. The van der Waals surface area contributed by atoms with Crippen LogP contribution in [0.15, 0.2) is 42.6 Å². The average Bonchev–Trinajstić information content (AvgIpc) is 2.63. The Bertz CT molecular complexity index is 764. The lowest BCUT2D eigenvalue weighted by atomic mass is 10.1. The van der Waals surface area contributed by atoms with Crippen molar-refractivity contribution >= 4 is 34.9 Å². The molecule has 7 heteroatoms. The van der Waals surface area contributed by atoms with Gasteiger partial charge in [0.15, 0.2) is 0 Å². The summed E-state index contributed by atoms with van der Waals surface area (Å²) in [5.41, 5.74) is 1.87. The van der Waals surface area contributed by atoms with E-state index in [0.29, 0.717) is 10.8 Å². The van der Waals surface area contributed by atoms with Gasteiger partial charge in [0.2, 0.25) is 11.8 Å². The fourth-order valence-corrected chi connectivity index (χ4v) is 2.50. The second-order valence-corrected chi connectivity index (χ2v) is 6.44. The quantitative estimate of drug-likeness (QED) is 0.780. The number of rotatable bonds is 7. The number of carbonyl (C=O) groups excluding carboxylic acids is 2. The Hall–Kier alpha value is -2.44. The predicted molar refractivity (Wildman–Crippen MR) is 104 cm³/mol. The number of amides is 2. The molecule has 0 bridgehead atoms. The summed E-state index contributed by atoms with van der Waals surface area (Å²) in [5.74, 6) is 0.00252. The van der Waals surface area contributed by atoms with Gasteiger partial charge in [0.1, 0.15) is 5.82 Å². The zero-order valence-electron chi connectivity index (χ0n) is 15.1. The third-order valence-corrected chi connectivity index (χ3v) is 4.31. The highest BCUT2D eigenvalue weighted by Crippen LogP contribution is 2.15. The molecule has 0 fully saturated rings. The zero-order chi connectivity index (χ0) is 19.1. The summed E-state index contributed by atoms with van der Waals surface area (Å²) < 4.78 is 0. The summed E-state index contributed by atoms with van der Waals surface area (Å²) in [7, 11) is 1.73. The third-order valence-electron chi connectivity index (χ3n) is 4.08. The number of carbonyl (C=O) groups is 2. The molecule has 0 saturated heterocycles. The van der Waals surface area contributed by atoms with Gasteiger partial charge < -0.3 is 10.6 Å². The largest absolute Gasteiger partial charge is 0.325 e. The number of hydrogen-bond acceptors (Lipinski definition) is 4. The smallest absolute Gasteiger partial charge is 0.242 e. The maximum atomic E-state index is 12.3. The molecule has 2 rings (SSSR count). The number of benzene rings is 1. The van der Waals surface area contributed by atoms with Crippen molar-refractivity contribution in [2.75, 3.05) is 24.2 Å². The number of para-hydroxylation sites is 1. The van der Waals surface area contributed by atoms with E-state index in [1.165, 1.54) is 6.20 Å². The molecular weight excluding hydrogens is 352 g/mol. The minimum atomic E-state index is -0.500. The SMILES string of the molecule is CCc1ccccc1NC(=O)CN(C)[C@@H](C)C(=O)Nc1ccc(Cl)cn1. The molecule has 2 amide bonds. The Morgan fingerprint density at radius 3 is 2.58 bits per heavy atom. The van der Waals surface area contributed by atoms with Crippen molar-refractivity contribution in [1.29, 1.82) is 0 Å². The topological polar surface area (TPSA) is 74.3 Å². The number of anilines is 2. The molecule has 2 N–H and O–H groups in total. The van der Waals surface area contributed by atoms with Crippen molar-refractivity contribution in [3.63, 3.8) is 0 Å². The molecule has 2 aromatic rings. The van der Waals surface area contributed by atoms with Crippen LogP contribution in [0.1, 0.15) is 19.4 Å². The molecule has 1 atom stereocenters. The molecule has 1 heterocycles. The van der Waals surface area contributed by atoms with Crippen LogP contribution in [0.25, 0.3) is 0 Å². The van der Waals surface area contributed by atoms with Crippen LogP contribution in [-0.2, 0) is 16.0 Å². The molecule has 6 nitrogen and oxygen atoms in total. The van der Waals surface area contributed by atoms with Crippen molar-refractivity contribution in [1.82, 2.24) is 9.88 Å². The summed E-state index contributed by atoms with van der Waals surface area (Å²) in [4.78, 5) is 30.3. The fraction of sp³-hybridized carbons (Fsp3) is 0.316. The number of nitrogens with zero attached hydrogens (tertiary/aromatic N) is 2. The van der Waals surface area contributed by atoms with E-state index in [0.717, 1.165) is 17.7 Å². The van der Waals surface area contributed by atoms with E-state index in [2.05, 4.69) is 15.6 Å². The van der Waals surface area contributed by atoms with Gasteiger partial charge in [-0.15, -0.1) is 0 Å². The van der Waals surface area contributed by atoms with Crippen molar-refractivity contribution in [3.8, 4) is 0 Å². The Morgan fingerprint density at radius 2 is 1.92 bits per heavy atom. The standard InChI is InChI=1S/C19H23ClN4O2/c1-4-14-7-5-6-8-16(14)22-18(25)12-24(3)13(2)19(26)23-17-10-9-15(20)11-21-17/h5-11,13H,4,12H2,1-3H3,(H,22,25)(H,21,23,26)/t13-/m0/s1. The minimum absolute atomic E-state index is 0.0979. The average molecular weight is 375 g/mol. The van der Waals surface area contributed by atoms with Crippen LogP contribution < -0.4 is 10.6 Å². The van der Waals surface area contributed by atoms with Crippen LogP contribution in [0.5, 0.6) is 0 Å². The molecule has 0 aliphatic heterocycles. The van der Waals surface area contributed by atoms with E-state index in [-0.39, 0.29) is 18.4 Å². The molecule has 0 saturated carbocycles. The van der Waals surface area contributed by atoms with E-state index in [1.54, 1.807) is 31.0 Å². The number of halogens is 1. The van der Waals surface area contributed by atoms with Gasteiger partial charge in [-0.1, -0.05) is 36.7 Å². The predicted octanol–water partition coefficient (Wildman–Crippen LogP) is 3.19. The van der Waals surface area contributed by atoms with Gasteiger partial charge in [-0.2, -0.15) is 0 Å². The third kappa shape index (κ3) is 5.54. The second-order valence-electron chi connectivity index (χ2n) is 6.00. The normalized spacial score (nSPS) is 11.9. The first-order valence-electron chi connectivity index (χ1n) is 8.41. The van der Waals surface area contributed by atoms with Crippen molar-refractivity contribution in [3.05, 3.63) is 53.2 Å². The zero-order valence-corrected chi connectivity index (χ0v) is 15.9. The van der Waals surface area contributed by atoms with Crippen LogP contribution >= 0.6 is 11.6 Å². The van der Waals surface area contributed by atoms with Gasteiger partial charge >= 0.3 is 0 Å². The van der Waals surface area contributed by atoms with Crippen LogP contribution in [0.4, 0.5) is 11.5 Å². The lowest BCUT2D eigenvalue weighted by Crippen LogP contribution is -2.43. The first-order chi connectivity index (χ1) is 12.4. The minimum Gasteiger partial charge on any atom is -0.325 e. The van der Waals surface area contributed by atoms with Gasteiger partial charge in [-0.3, -0.25) is 14.5 Å². The van der Waals surface area contributed by atoms with Gasteiger partial charge in [0, 0.05) is 11.9 Å². The van der Waals surface area contributed by atoms with Crippen LogP contribution in [-0.4, -0.2) is 41.3 Å². The van der Waals surface area contributed by atoms with Crippen LogP contribution in [0.2, 0.25) is 5.02 Å². The number of nitrogens with one attached hydrogen (secondary N) is 2. The fourth-order valence-electron chi connectivity index (χ4n) is 2.38. The molecule has 0 unspecified atom stereocenters. The van der Waals surface area contributed by atoms with Gasteiger partial charge in [0.05, 0.1) is 17.6 Å².